The van der Waals surface area contributed by atoms with E-state index in [0.29, 0.717) is 5.69 Å². The molecule has 9 nitrogen and oxygen atoms in total. The molecule has 0 bridgehead atoms. The van der Waals surface area contributed by atoms with Gasteiger partial charge in [-0.25, -0.2) is 13.8 Å². The molecule has 2 heterocycles. The number of nitrogens with one attached hydrogen (secondary N) is 2. The van der Waals surface area contributed by atoms with Crippen molar-refractivity contribution in [3.8, 4) is 0 Å². The number of hydrogen-bond acceptors (Lipinski definition) is 8. The number of aromatic nitrogens is 4. The second-order valence-corrected chi connectivity index (χ2v) is 8.63. The molecule has 2 aromatic heterocycles. The monoisotopic (exact) mass is 476 g/mol. The first-order valence-corrected chi connectivity index (χ1v) is 11.3. The number of anilines is 3. The summed E-state index contributed by atoms with van der Waals surface area (Å²) in [6, 6.07) is 3.58. The largest absolute Gasteiger partial charge is 0.365 e. The van der Waals surface area contributed by atoms with Crippen LogP contribution in [0.3, 0.4) is 0 Å². The Morgan fingerprint density at radius 1 is 1.21 bits per heavy atom. The second-order valence-electron chi connectivity index (χ2n) is 7.41. The highest BCUT2D eigenvalue weighted by Crippen LogP contribution is 2.19. The van der Waals surface area contributed by atoms with Gasteiger partial charge in [-0.2, -0.15) is 21.8 Å². The van der Waals surface area contributed by atoms with Crippen LogP contribution in [0.15, 0.2) is 36.8 Å². The Morgan fingerprint density at radius 2 is 1.97 bits per heavy atom. The van der Waals surface area contributed by atoms with Gasteiger partial charge in [0.1, 0.15) is 17.5 Å². The third-order valence-electron chi connectivity index (χ3n) is 4.59. The Kier molecular flexibility index (Phi) is 8.55. The summed E-state index contributed by atoms with van der Waals surface area (Å²) >= 11 is 1.85. The van der Waals surface area contributed by atoms with Crippen LogP contribution >= 0.6 is 11.8 Å². The van der Waals surface area contributed by atoms with Gasteiger partial charge in [-0.15, -0.1) is 0 Å². The summed E-state index contributed by atoms with van der Waals surface area (Å²) in [5.41, 5.74) is 5.87. The van der Waals surface area contributed by atoms with E-state index in [1.807, 2.05) is 36.7 Å². The first-order chi connectivity index (χ1) is 15.8. The molecule has 1 amide bonds. The standard InChI is InChI=1S/C21H26F2N8OS/c1-30(2)6-8-33-9-7-31-13-14(10-27-31)28-21-26-12-16(19(24)32)20(29-21)25-11-15-17(22)4-3-5-18(15)23/h3-5,10,12-13H,6-9,11H2,1-2H3,(H2,24,32)(H2,25,26,28,29). The van der Waals surface area contributed by atoms with Gasteiger partial charge in [0.2, 0.25) is 5.95 Å². The summed E-state index contributed by atoms with van der Waals surface area (Å²) < 4.78 is 29.6. The molecule has 3 aromatic rings. The molecule has 0 fully saturated rings. The number of aryl methyl sites for hydroxylation is 1. The van der Waals surface area contributed by atoms with Crippen molar-refractivity contribution in [2.45, 2.75) is 13.1 Å². The molecule has 0 unspecified atom stereocenters. The number of primary amides is 1. The Labute approximate surface area is 194 Å². The molecule has 33 heavy (non-hydrogen) atoms. The fourth-order valence-electron chi connectivity index (χ4n) is 2.82. The maximum Gasteiger partial charge on any atom is 0.254 e. The summed E-state index contributed by atoms with van der Waals surface area (Å²) in [5, 5.41) is 10.1. The molecule has 0 atom stereocenters. The lowest BCUT2D eigenvalue weighted by atomic mass is 10.2. The molecule has 0 aliphatic heterocycles. The summed E-state index contributed by atoms with van der Waals surface area (Å²) in [7, 11) is 4.09. The van der Waals surface area contributed by atoms with E-state index in [0.717, 1.165) is 36.7 Å². The Morgan fingerprint density at radius 3 is 2.67 bits per heavy atom. The van der Waals surface area contributed by atoms with Crippen molar-refractivity contribution >= 4 is 35.1 Å². The topological polar surface area (TPSA) is 114 Å². The van der Waals surface area contributed by atoms with Gasteiger partial charge in [0, 0.05) is 42.6 Å². The Bertz CT molecular complexity index is 1070. The lowest BCUT2D eigenvalue weighted by molar-refractivity contribution is 0.100. The van der Waals surface area contributed by atoms with Crippen molar-refractivity contribution in [3.63, 3.8) is 0 Å². The van der Waals surface area contributed by atoms with Crippen molar-refractivity contribution in [1.82, 2.24) is 24.6 Å². The average molecular weight is 477 g/mol. The number of carbonyl (C=O) groups excluding carboxylic acids is 1. The number of rotatable bonds is 12. The minimum atomic E-state index is -0.766. The number of nitrogens with two attached hydrogens (primary N) is 1. The third kappa shape index (κ3) is 7.12. The van der Waals surface area contributed by atoms with E-state index >= 15 is 0 Å². The maximum atomic E-state index is 13.9. The van der Waals surface area contributed by atoms with Gasteiger partial charge in [0.25, 0.3) is 5.91 Å². The number of thioether (sulfide) groups is 1. The molecular formula is C21H26F2N8OS. The molecule has 12 heteroatoms. The van der Waals surface area contributed by atoms with Crippen molar-refractivity contribution in [3.05, 3.63) is 59.6 Å². The molecule has 1 aromatic carbocycles. The van der Waals surface area contributed by atoms with Crippen LogP contribution in [0.25, 0.3) is 0 Å². The maximum absolute atomic E-state index is 13.9. The summed E-state index contributed by atoms with van der Waals surface area (Å²) in [4.78, 5) is 22.2. The number of halogens is 2. The van der Waals surface area contributed by atoms with Crippen molar-refractivity contribution in [1.29, 1.82) is 0 Å². The van der Waals surface area contributed by atoms with E-state index in [9.17, 15) is 13.6 Å². The fraction of sp³-hybridized carbons (Fsp3) is 0.333. The highest BCUT2D eigenvalue weighted by atomic mass is 32.2. The van der Waals surface area contributed by atoms with E-state index in [4.69, 9.17) is 5.73 Å². The molecule has 3 rings (SSSR count). The van der Waals surface area contributed by atoms with Gasteiger partial charge in [0.05, 0.1) is 24.0 Å². The summed E-state index contributed by atoms with van der Waals surface area (Å²) in [6.45, 7) is 1.55. The summed E-state index contributed by atoms with van der Waals surface area (Å²) in [6.07, 6.45) is 4.71. The molecular weight excluding hydrogens is 450 g/mol. The quantitative estimate of drug-likeness (QED) is 0.342. The second kappa shape index (κ2) is 11.6. The predicted molar refractivity (Wildman–Crippen MR) is 126 cm³/mol. The van der Waals surface area contributed by atoms with Crippen LogP contribution in [0, 0.1) is 11.6 Å². The minimum Gasteiger partial charge on any atom is -0.365 e. The molecule has 4 N–H and O–H groups in total. The van der Waals surface area contributed by atoms with Crippen LogP contribution in [0.1, 0.15) is 15.9 Å². The number of benzene rings is 1. The van der Waals surface area contributed by atoms with Crippen LogP contribution < -0.4 is 16.4 Å². The minimum absolute atomic E-state index is 0.00254. The van der Waals surface area contributed by atoms with E-state index in [2.05, 4.69) is 30.6 Å². The van der Waals surface area contributed by atoms with E-state index in [-0.39, 0.29) is 29.4 Å². The number of nitrogens with zero attached hydrogens (tertiary/aromatic N) is 5. The molecule has 176 valence electrons. The van der Waals surface area contributed by atoms with Crippen LogP contribution in [0.5, 0.6) is 0 Å². The smallest absolute Gasteiger partial charge is 0.254 e. The van der Waals surface area contributed by atoms with Crippen LogP contribution in [0.4, 0.5) is 26.2 Å². The predicted octanol–water partition coefficient (Wildman–Crippen LogP) is 2.70. The zero-order valence-electron chi connectivity index (χ0n) is 18.4. The summed E-state index contributed by atoms with van der Waals surface area (Å²) in [5.74, 6) is 0.0397. The highest BCUT2D eigenvalue weighted by molar-refractivity contribution is 7.99. The van der Waals surface area contributed by atoms with Gasteiger partial charge in [0.15, 0.2) is 0 Å². The van der Waals surface area contributed by atoms with Gasteiger partial charge < -0.3 is 21.3 Å². The van der Waals surface area contributed by atoms with E-state index < -0.39 is 17.5 Å². The fourth-order valence-corrected chi connectivity index (χ4v) is 3.83. The SMILES string of the molecule is CN(C)CCSCCn1cc(Nc2ncc(C(N)=O)c(NCc3c(F)cccc3F)n2)cn1. The normalized spacial score (nSPS) is 11.1. The Balaban J connectivity index is 1.64. The third-order valence-corrected chi connectivity index (χ3v) is 5.53. The van der Waals surface area contributed by atoms with Crippen molar-refractivity contribution in [2.75, 3.05) is 42.8 Å². The van der Waals surface area contributed by atoms with Gasteiger partial charge in [-0.3, -0.25) is 9.48 Å². The number of hydrogen-bond donors (Lipinski definition) is 3. The highest BCUT2D eigenvalue weighted by Gasteiger charge is 2.15. The lowest BCUT2D eigenvalue weighted by Crippen LogP contribution is -2.17. The molecule has 0 saturated carbocycles. The Hall–Kier alpha value is -3.25. The molecule has 0 aliphatic rings. The molecule has 0 radical (unpaired) electrons. The average Bonchev–Trinajstić information content (AvgIpc) is 3.20. The first kappa shape index (κ1) is 24.4. The first-order valence-electron chi connectivity index (χ1n) is 10.2. The molecule has 0 spiro atoms. The van der Waals surface area contributed by atoms with Gasteiger partial charge in [-0.1, -0.05) is 6.07 Å². The van der Waals surface area contributed by atoms with E-state index in [1.165, 1.54) is 12.3 Å². The van der Waals surface area contributed by atoms with Crippen LogP contribution in [-0.2, 0) is 13.1 Å². The zero-order chi connectivity index (χ0) is 23.8. The number of carbonyl (C=O) groups is 1. The van der Waals surface area contributed by atoms with Crippen molar-refractivity contribution in [2.24, 2.45) is 5.73 Å². The zero-order valence-corrected chi connectivity index (χ0v) is 19.2. The molecule has 0 aliphatic carbocycles. The van der Waals surface area contributed by atoms with Crippen LogP contribution in [-0.4, -0.2) is 62.7 Å². The number of amides is 1. The van der Waals surface area contributed by atoms with Crippen molar-refractivity contribution < 1.29 is 13.6 Å². The van der Waals surface area contributed by atoms with Crippen LogP contribution in [0.2, 0.25) is 0 Å². The van der Waals surface area contributed by atoms with E-state index in [1.54, 1.807) is 6.20 Å². The molecule has 0 saturated heterocycles. The lowest BCUT2D eigenvalue weighted by Gasteiger charge is -2.12. The van der Waals surface area contributed by atoms with Gasteiger partial charge in [-0.05, 0) is 26.2 Å². The van der Waals surface area contributed by atoms with Gasteiger partial charge >= 0.3 is 0 Å².